The molecule has 0 saturated carbocycles. The summed E-state index contributed by atoms with van der Waals surface area (Å²) in [5, 5.41) is 9.21. The number of hydrogen-bond acceptors (Lipinski definition) is 4. The number of nitrogens with zero attached hydrogens (tertiary/aromatic N) is 1. The van der Waals surface area contributed by atoms with Crippen molar-refractivity contribution in [1.82, 2.24) is 4.31 Å². The minimum atomic E-state index is -3.58. The maximum absolute atomic E-state index is 12.4. The van der Waals surface area contributed by atoms with E-state index in [1.165, 1.54) is 35.5 Å². The Labute approximate surface area is 112 Å². The van der Waals surface area contributed by atoms with Gasteiger partial charge in [-0.25, -0.2) is 8.42 Å². The lowest BCUT2D eigenvalue weighted by molar-refractivity contribution is 0.101. The molecule has 1 aromatic carbocycles. The largest absolute Gasteiger partial charge is 0.395 e. The normalized spacial score (nSPS) is 20.6. The zero-order chi connectivity index (χ0) is 14.0. The zero-order valence-corrected chi connectivity index (χ0v) is 11.6. The van der Waals surface area contributed by atoms with Gasteiger partial charge in [-0.15, -0.1) is 0 Å². The van der Waals surface area contributed by atoms with Crippen molar-refractivity contribution in [2.75, 3.05) is 13.2 Å². The van der Waals surface area contributed by atoms with E-state index in [0.29, 0.717) is 18.5 Å². The van der Waals surface area contributed by atoms with Crippen molar-refractivity contribution in [3.05, 3.63) is 29.8 Å². The molecule has 0 radical (unpaired) electrons. The summed E-state index contributed by atoms with van der Waals surface area (Å²) >= 11 is 0. The fraction of sp³-hybridized carbons (Fsp3) is 0.462. The third-order valence-corrected chi connectivity index (χ3v) is 5.37. The van der Waals surface area contributed by atoms with Crippen LogP contribution in [0.2, 0.25) is 0 Å². The summed E-state index contributed by atoms with van der Waals surface area (Å²) in [5.74, 6) is -0.0987. The van der Waals surface area contributed by atoms with Gasteiger partial charge in [-0.1, -0.05) is 12.1 Å². The van der Waals surface area contributed by atoms with Crippen LogP contribution in [0.4, 0.5) is 0 Å². The lowest BCUT2D eigenvalue weighted by Gasteiger charge is -2.22. The van der Waals surface area contributed by atoms with Crippen molar-refractivity contribution in [1.29, 1.82) is 0 Å². The first kappa shape index (κ1) is 14.2. The predicted molar refractivity (Wildman–Crippen MR) is 70.4 cm³/mol. The third kappa shape index (κ3) is 2.70. The van der Waals surface area contributed by atoms with Crippen LogP contribution in [0.25, 0.3) is 0 Å². The molecule has 0 unspecified atom stereocenters. The molecule has 1 saturated heterocycles. The Morgan fingerprint density at radius 2 is 2.00 bits per heavy atom. The van der Waals surface area contributed by atoms with Gasteiger partial charge in [0.15, 0.2) is 5.78 Å². The van der Waals surface area contributed by atoms with Gasteiger partial charge in [-0.05, 0) is 31.9 Å². The molecule has 1 aliphatic heterocycles. The first-order valence-corrected chi connectivity index (χ1v) is 7.64. The van der Waals surface area contributed by atoms with Gasteiger partial charge in [-0.3, -0.25) is 4.79 Å². The quantitative estimate of drug-likeness (QED) is 0.838. The van der Waals surface area contributed by atoms with Gasteiger partial charge >= 0.3 is 0 Å². The van der Waals surface area contributed by atoms with Crippen LogP contribution in [0.1, 0.15) is 30.1 Å². The number of carbonyl (C=O) groups is 1. The smallest absolute Gasteiger partial charge is 0.243 e. The van der Waals surface area contributed by atoms with Crippen molar-refractivity contribution >= 4 is 15.8 Å². The van der Waals surface area contributed by atoms with Gasteiger partial charge in [0, 0.05) is 18.2 Å². The van der Waals surface area contributed by atoms with Gasteiger partial charge in [0.05, 0.1) is 11.5 Å². The fourth-order valence-electron chi connectivity index (χ4n) is 2.31. The van der Waals surface area contributed by atoms with Crippen LogP contribution in [-0.2, 0) is 10.0 Å². The van der Waals surface area contributed by atoms with Gasteiger partial charge in [0.25, 0.3) is 0 Å². The molecule has 0 spiro atoms. The van der Waals surface area contributed by atoms with E-state index in [1.54, 1.807) is 0 Å². The molecule has 104 valence electrons. The van der Waals surface area contributed by atoms with Gasteiger partial charge in [0.1, 0.15) is 0 Å². The van der Waals surface area contributed by atoms with Crippen molar-refractivity contribution in [3.8, 4) is 0 Å². The highest BCUT2D eigenvalue weighted by Gasteiger charge is 2.34. The van der Waals surface area contributed by atoms with Crippen LogP contribution < -0.4 is 0 Å². The fourth-order valence-corrected chi connectivity index (χ4v) is 3.99. The van der Waals surface area contributed by atoms with Crippen LogP contribution in [0.15, 0.2) is 29.2 Å². The minimum Gasteiger partial charge on any atom is -0.395 e. The van der Waals surface area contributed by atoms with Crippen LogP contribution >= 0.6 is 0 Å². The highest BCUT2D eigenvalue weighted by Crippen LogP contribution is 2.25. The Morgan fingerprint density at radius 3 is 2.53 bits per heavy atom. The summed E-state index contributed by atoms with van der Waals surface area (Å²) in [6, 6.07) is 5.58. The number of carbonyl (C=O) groups excluding carboxylic acids is 1. The number of aliphatic hydroxyl groups excluding tert-OH is 1. The van der Waals surface area contributed by atoms with E-state index < -0.39 is 10.0 Å². The number of benzene rings is 1. The molecule has 5 nitrogen and oxygen atoms in total. The summed E-state index contributed by atoms with van der Waals surface area (Å²) in [6.07, 6.45) is 1.44. The second-order valence-electron chi connectivity index (χ2n) is 4.67. The maximum Gasteiger partial charge on any atom is 0.243 e. The van der Waals surface area contributed by atoms with E-state index in [-0.39, 0.29) is 23.3 Å². The topological polar surface area (TPSA) is 74.7 Å². The molecule has 0 amide bonds. The maximum atomic E-state index is 12.4. The molecule has 1 atom stereocenters. The second-order valence-corrected chi connectivity index (χ2v) is 6.57. The summed E-state index contributed by atoms with van der Waals surface area (Å²) in [4.78, 5) is 11.3. The molecule has 6 heteroatoms. The molecular weight excluding hydrogens is 266 g/mol. The Kier molecular flexibility index (Phi) is 4.03. The van der Waals surface area contributed by atoms with E-state index in [4.69, 9.17) is 0 Å². The first-order valence-electron chi connectivity index (χ1n) is 6.20. The highest BCUT2D eigenvalue weighted by molar-refractivity contribution is 7.89. The van der Waals surface area contributed by atoms with Gasteiger partial charge in [0.2, 0.25) is 10.0 Å². The molecule has 0 bridgehead atoms. The Bertz CT molecular complexity index is 565. The minimum absolute atomic E-state index is 0.0987. The summed E-state index contributed by atoms with van der Waals surface area (Å²) in [7, 11) is -3.58. The summed E-state index contributed by atoms with van der Waals surface area (Å²) < 4.78 is 26.2. The number of Topliss-reactive ketones (excluding diaryl/α,β-unsaturated/α-hetero) is 1. The molecule has 1 aromatic rings. The Morgan fingerprint density at radius 1 is 1.37 bits per heavy atom. The number of aliphatic hydroxyl groups is 1. The molecule has 1 heterocycles. The predicted octanol–water partition coefficient (Wildman–Crippen LogP) is 1.03. The summed E-state index contributed by atoms with van der Waals surface area (Å²) in [5.41, 5.74) is 0.485. The number of rotatable bonds is 4. The van der Waals surface area contributed by atoms with E-state index in [0.717, 1.165) is 6.42 Å². The monoisotopic (exact) mass is 283 g/mol. The van der Waals surface area contributed by atoms with Crippen LogP contribution in [0.3, 0.4) is 0 Å². The van der Waals surface area contributed by atoms with E-state index in [2.05, 4.69) is 0 Å². The zero-order valence-electron chi connectivity index (χ0n) is 10.7. The number of sulfonamides is 1. The van der Waals surface area contributed by atoms with Crippen molar-refractivity contribution < 1.29 is 18.3 Å². The Hall–Kier alpha value is -1.24. The second kappa shape index (κ2) is 5.40. The van der Waals surface area contributed by atoms with Crippen molar-refractivity contribution in [2.24, 2.45) is 0 Å². The molecule has 19 heavy (non-hydrogen) atoms. The number of hydrogen-bond donors (Lipinski definition) is 1. The number of ketones is 1. The Balaban J connectivity index is 2.31. The molecule has 0 aliphatic carbocycles. The lowest BCUT2D eigenvalue weighted by atomic mass is 10.2. The molecule has 1 aliphatic rings. The highest BCUT2D eigenvalue weighted by atomic mass is 32.2. The molecule has 2 rings (SSSR count). The molecule has 1 fully saturated rings. The van der Waals surface area contributed by atoms with Crippen molar-refractivity contribution in [2.45, 2.75) is 30.7 Å². The average Bonchev–Trinajstić information content (AvgIpc) is 2.87. The molecule has 0 aromatic heterocycles. The van der Waals surface area contributed by atoms with Crippen LogP contribution in [0, 0.1) is 0 Å². The first-order chi connectivity index (χ1) is 8.96. The van der Waals surface area contributed by atoms with Gasteiger partial charge in [-0.2, -0.15) is 4.31 Å². The summed E-state index contributed by atoms with van der Waals surface area (Å²) in [6.45, 7) is 1.71. The SMILES string of the molecule is CC(=O)c1ccc(S(=O)(=O)N2CCC[C@H]2CO)cc1. The molecular formula is C13H17NO4S. The van der Waals surface area contributed by atoms with Crippen LogP contribution in [-0.4, -0.2) is 42.8 Å². The van der Waals surface area contributed by atoms with Gasteiger partial charge < -0.3 is 5.11 Å². The molecule has 1 N–H and O–H groups in total. The van der Waals surface area contributed by atoms with E-state index in [1.807, 2.05) is 0 Å². The van der Waals surface area contributed by atoms with E-state index >= 15 is 0 Å². The van der Waals surface area contributed by atoms with Crippen molar-refractivity contribution in [3.63, 3.8) is 0 Å². The van der Waals surface area contributed by atoms with Crippen LogP contribution in [0.5, 0.6) is 0 Å². The lowest BCUT2D eigenvalue weighted by Crippen LogP contribution is -2.37. The average molecular weight is 283 g/mol. The standard InChI is InChI=1S/C13H17NO4S/c1-10(16)11-4-6-13(7-5-11)19(17,18)14-8-2-3-12(14)9-15/h4-7,12,15H,2-3,8-9H2,1H3/t12-/m0/s1. The third-order valence-electron chi connectivity index (χ3n) is 3.40. The van der Waals surface area contributed by atoms with E-state index in [9.17, 15) is 18.3 Å².